The molecule has 1 heterocycles. The number of amides is 1. The van der Waals surface area contributed by atoms with Gasteiger partial charge in [0, 0.05) is 12.1 Å². The molecule has 36 heavy (non-hydrogen) atoms. The van der Waals surface area contributed by atoms with Gasteiger partial charge < -0.3 is 19.8 Å². The van der Waals surface area contributed by atoms with Crippen molar-refractivity contribution in [2.75, 3.05) is 17.2 Å². The quantitative estimate of drug-likeness (QED) is 0.249. The van der Waals surface area contributed by atoms with Gasteiger partial charge in [-0.05, 0) is 56.2 Å². The third-order valence-electron chi connectivity index (χ3n) is 5.93. The van der Waals surface area contributed by atoms with Crippen LogP contribution in [0.3, 0.4) is 0 Å². The van der Waals surface area contributed by atoms with Crippen molar-refractivity contribution in [3.63, 3.8) is 0 Å². The van der Waals surface area contributed by atoms with Gasteiger partial charge in [0.05, 0.1) is 23.9 Å². The second-order valence-corrected chi connectivity index (χ2v) is 8.28. The molecule has 190 valence electrons. The number of anilines is 3. The molecule has 2 aromatic carbocycles. The fourth-order valence-electron chi connectivity index (χ4n) is 4.08. The summed E-state index contributed by atoms with van der Waals surface area (Å²) in [5, 5.41) is 11.6. The van der Waals surface area contributed by atoms with Gasteiger partial charge in [-0.3, -0.25) is 9.59 Å². The van der Waals surface area contributed by atoms with E-state index in [1.165, 1.54) is 12.1 Å². The maximum Gasteiger partial charge on any atom is 0.320 e. The van der Waals surface area contributed by atoms with E-state index in [-0.39, 0.29) is 23.5 Å². The van der Waals surface area contributed by atoms with Crippen LogP contribution in [0.5, 0.6) is 0 Å². The molecule has 12 heteroatoms. The molecule has 4 rings (SSSR count). The summed E-state index contributed by atoms with van der Waals surface area (Å²) in [5.41, 5.74) is 0.149. The number of carbonyl (C=O) groups is 2. The molecule has 1 aliphatic rings. The van der Waals surface area contributed by atoms with Gasteiger partial charge in [-0.15, -0.1) is 5.10 Å². The first-order valence-corrected chi connectivity index (χ1v) is 11.3. The zero-order valence-corrected chi connectivity index (χ0v) is 19.1. The molecule has 1 aromatic heterocycles. The Kier molecular flexibility index (Phi) is 7.51. The first-order valence-electron chi connectivity index (χ1n) is 11.3. The number of nitrogens with one attached hydrogen (secondary N) is 2. The molecule has 8 nitrogen and oxygen atoms in total. The molecule has 1 amide bonds. The van der Waals surface area contributed by atoms with E-state index in [0.29, 0.717) is 44.4 Å². The number of esters is 1. The lowest BCUT2D eigenvalue weighted by molar-refractivity contribution is -0.149. The summed E-state index contributed by atoms with van der Waals surface area (Å²) in [6.45, 7) is 2.10. The van der Waals surface area contributed by atoms with E-state index < -0.39 is 46.8 Å². The lowest BCUT2D eigenvalue weighted by Crippen LogP contribution is -2.23. The highest BCUT2D eigenvalue weighted by molar-refractivity contribution is 6.01. The third kappa shape index (κ3) is 5.64. The fourth-order valence-corrected chi connectivity index (χ4v) is 4.08. The zero-order valence-electron chi connectivity index (χ0n) is 19.1. The van der Waals surface area contributed by atoms with Crippen LogP contribution in [0.2, 0.25) is 0 Å². The largest absolute Gasteiger partial charge is 0.466 e. The zero-order chi connectivity index (χ0) is 25.8. The average molecular weight is 506 g/mol. The predicted molar refractivity (Wildman–Crippen MR) is 120 cm³/mol. The first-order chi connectivity index (χ1) is 17.2. The molecule has 0 bridgehead atoms. The van der Waals surface area contributed by atoms with E-state index >= 15 is 0 Å². The van der Waals surface area contributed by atoms with Gasteiger partial charge in [0.2, 0.25) is 0 Å². The van der Waals surface area contributed by atoms with Crippen LogP contribution < -0.4 is 10.6 Å². The highest BCUT2D eigenvalue weighted by Crippen LogP contribution is 2.37. The maximum atomic E-state index is 14.7. The Hall–Kier alpha value is -3.96. The predicted octanol–water partition coefficient (Wildman–Crippen LogP) is 5.46. The van der Waals surface area contributed by atoms with Crippen LogP contribution in [0.1, 0.15) is 54.8 Å². The molecule has 0 saturated heterocycles. The van der Waals surface area contributed by atoms with E-state index in [1.54, 1.807) is 13.0 Å². The van der Waals surface area contributed by atoms with E-state index in [2.05, 4.69) is 20.8 Å². The van der Waals surface area contributed by atoms with E-state index in [9.17, 15) is 27.2 Å². The third-order valence-corrected chi connectivity index (χ3v) is 5.93. The molecule has 0 radical (unpaired) electrons. The number of ether oxygens (including phenoxy) is 1. The molecule has 0 aliphatic heterocycles. The Balaban J connectivity index is 1.37. The van der Waals surface area contributed by atoms with Crippen molar-refractivity contribution < 1.29 is 36.3 Å². The Morgan fingerprint density at radius 1 is 0.944 bits per heavy atom. The van der Waals surface area contributed by atoms with Crippen LogP contribution in [0, 0.1) is 29.2 Å². The SMILES string of the molecule is CCOC(=O)C1CCC(c2ccc(NC(=O)c3nnc(Nc4cc(F)c(F)cc4F)o3)c(F)c2)CC1. The van der Waals surface area contributed by atoms with Gasteiger partial charge in [-0.2, -0.15) is 0 Å². The fraction of sp³-hybridized carbons (Fsp3) is 0.333. The van der Waals surface area contributed by atoms with Crippen molar-refractivity contribution in [3.05, 3.63) is 65.1 Å². The summed E-state index contributed by atoms with van der Waals surface area (Å²) >= 11 is 0. The number of hydrogen-bond donors (Lipinski definition) is 2. The van der Waals surface area contributed by atoms with E-state index in [1.807, 2.05) is 0 Å². The first kappa shape index (κ1) is 25.1. The van der Waals surface area contributed by atoms with Crippen molar-refractivity contribution in [1.82, 2.24) is 10.2 Å². The monoisotopic (exact) mass is 506 g/mol. The van der Waals surface area contributed by atoms with Crippen LogP contribution in [0.25, 0.3) is 0 Å². The summed E-state index contributed by atoms with van der Waals surface area (Å²) < 4.78 is 65.0. The summed E-state index contributed by atoms with van der Waals surface area (Å²) in [4.78, 5) is 24.3. The molecular weight excluding hydrogens is 484 g/mol. The average Bonchev–Trinajstić information content (AvgIpc) is 3.33. The molecular formula is C24H22F4N4O4. The number of halogens is 4. The van der Waals surface area contributed by atoms with Crippen LogP contribution in [-0.4, -0.2) is 28.7 Å². The highest BCUT2D eigenvalue weighted by Gasteiger charge is 2.28. The molecule has 0 atom stereocenters. The minimum absolute atomic E-state index is 0.0798. The molecule has 2 N–H and O–H groups in total. The lowest BCUT2D eigenvalue weighted by Gasteiger charge is -2.27. The normalized spacial score (nSPS) is 17.5. The summed E-state index contributed by atoms with van der Waals surface area (Å²) in [5.74, 6) is -6.22. The maximum absolute atomic E-state index is 14.7. The van der Waals surface area contributed by atoms with Crippen LogP contribution in [-0.2, 0) is 9.53 Å². The van der Waals surface area contributed by atoms with Crippen molar-refractivity contribution in [1.29, 1.82) is 0 Å². The van der Waals surface area contributed by atoms with Gasteiger partial charge in [-0.25, -0.2) is 17.6 Å². The molecule has 1 saturated carbocycles. The van der Waals surface area contributed by atoms with Crippen LogP contribution >= 0.6 is 0 Å². The van der Waals surface area contributed by atoms with E-state index in [0.717, 1.165) is 5.56 Å². The number of benzene rings is 2. The Morgan fingerprint density at radius 3 is 2.33 bits per heavy atom. The topological polar surface area (TPSA) is 106 Å². The lowest BCUT2D eigenvalue weighted by atomic mass is 9.78. The summed E-state index contributed by atoms with van der Waals surface area (Å²) in [7, 11) is 0. The van der Waals surface area contributed by atoms with Crippen LogP contribution in [0.4, 0.5) is 35.0 Å². The number of carbonyl (C=O) groups excluding carboxylic acids is 2. The second-order valence-electron chi connectivity index (χ2n) is 8.28. The smallest absolute Gasteiger partial charge is 0.320 e. The van der Waals surface area contributed by atoms with Crippen molar-refractivity contribution in [2.24, 2.45) is 5.92 Å². The van der Waals surface area contributed by atoms with Crippen LogP contribution in [0.15, 0.2) is 34.7 Å². The number of rotatable bonds is 7. The van der Waals surface area contributed by atoms with Crippen molar-refractivity contribution in [2.45, 2.75) is 38.5 Å². The molecule has 1 aliphatic carbocycles. The number of nitrogens with zero attached hydrogens (tertiary/aromatic N) is 2. The Bertz CT molecular complexity index is 1270. The summed E-state index contributed by atoms with van der Waals surface area (Å²) in [6.07, 6.45) is 2.74. The molecule has 1 fully saturated rings. The molecule has 0 unspecified atom stereocenters. The number of hydrogen-bond acceptors (Lipinski definition) is 7. The highest BCUT2D eigenvalue weighted by atomic mass is 19.2. The van der Waals surface area contributed by atoms with Crippen molar-refractivity contribution >= 4 is 29.3 Å². The molecule has 0 spiro atoms. The minimum atomic E-state index is -1.37. The van der Waals surface area contributed by atoms with Gasteiger partial charge >= 0.3 is 23.8 Å². The van der Waals surface area contributed by atoms with Crippen molar-refractivity contribution in [3.8, 4) is 0 Å². The number of aromatic nitrogens is 2. The standard InChI is InChI=1S/C24H22F4N4O4/c1-2-35-23(34)13-5-3-12(4-6-13)14-7-8-19(17(27)9-14)29-21(33)22-31-32-24(36-22)30-20-11-16(26)15(25)10-18(20)28/h7-13H,2-6H2,1H3,(H,29,33)(H,30,32). The Morgan fingerprint density at radius 2 is 1.64 bits per heavy atom. The summed E-state index contributed by atoms with van der Waals surface area (Å²) in [6, 6.07) is 4.86. The van der Waals surface area contributed by atoms with Gasteiger partial charge in [0.15, 0.2) is 11.6 Å². The second kappa shape index (κ2) is 10.8. The Labute approximate surface area is 203 Å². The van der Waals surface area contributed by atoms with Gasteiger partial charge in [0.25, 0.3) is 0 Å². The molecule has 3 aromatic rings. The van der Waals surface area contributed by atoms with E-state index in [4.69, 9.17) is 9.15 Å². The van der Waals surface area contributed by atoms with Gasteiger partial charge in [-0.1, -0.05) is 11.2 Å². The minimum Gasteiger partial charge on any atom is -0.466 e. The van der Waals surface area contributed by atoms with Gasteiger partial charge in [0.1, 0.15) is 11.6 Å².